The zero-order chi connectivity index (χ0) is 13.7. The van der Waals surface area contributed by atoms with E-state index in [-0.39, 0.29) is 18.1 Å². The van der Waals surface area contributed by atoms with E-state index in [2.05, 4.69) is 10.5 Å². The van der Waals surface area contributed by atoms with Crippen molar-refractivity contribution in [3.63, 3.8) is 0 Å². The third-order valence-corrected chi connectivity index (χ3v) is 3.59. The third kappa shape index (κ3) is 4.59. The van der Waals surface area contributed by atoms with Crippen LogP contribution in [0.2, 0.25) is 0 Å². The Bertz CT molecular complexity index is 404. The topological polar surface area (TPSA) is 122 Å². The van der Waals surface area contributed by atoms with Gasteiger partial charge < -0.3 is 16.3 Å². The molecule has 8 heteroatoms. The largest absolute Gasteiger partial charge is 0.409 e. The number of nitrogens with two attached hydrogens (primary N) is 1. The van der Waals surface area contributed by atoms with Crippen molar-refractivity contribution in [2.75, 3.05) is 18.6 Å². The number of amidine groups is 1. The van der Waals surface area contributed by atoms with Gasteiger partial charge in [0.25, 0.3) is 0 Å². The number of rotatable bonds is 6. The quantitative estimate of drug-likeness (QED) is 0.254. The number of sulfone groups is 1. The van der Waals surface area contributed by atoms with E-state index in [0.29, 0.717) is 6.42 Å². The fourth-order valence-corrected chi connectivity index (χ4v) is 1.59. The zero-order valence-corrected chi connectivity index (χ0v) is 11.0. The molecule has 0 heterocycles. The Morgan fingerprint density at radius 2 is 2.06 bits per heavy atom. The SMILES string of the molecule is CCC(C)(C(=O)NCCS(C)(=O)=O)C(N)=NO. The van der Waals surface area contributed by atoms with Gasteiger partial charge in [-0.3, -0.25) is 4.79 Å². The van der Waals surface area contributed by atoms with E-state index < -0.39 is 21.2 Å². The average Bonchev–Trinajstić information content (AvgIpc) is 2.24. The highest BCUT2D eigenvalue weighted by Gasteiger charge is 2.36. The van der Waals surface area contributed by atoms with Crippen molar-refractivity contribution in [3.05, 3.63) is 0 Å². The van der Waals surface area contributed by atoms with Gasteiger partial charge in [-0.25, -0.2) is 8.42 Å². The molecule has 0 saturated carbocycles. The van der Waals surface area contributed by atoms with Gasteiger partial charge in [-0.15, -0.1) is 0 Å². The first kappa shape index (κ1) is 15.7. The van der Waals surface area contributed by atoms with Crippen LogP contribution in [0.1, 0.15) is 20.3 Å². The standard InChI is InChI=1S/C9H19N3O4S/c1-4-9(2,7(10)12-14)8(13)11-5-6-17(3,15)16/h14H,4-6H2,1-3H3,(H2,10,12)(H,11,13). The summed E-state index contributed by atoms with van der Waals surface area (Å²) in [5.41, 5.74) is 4.31. The number of oxime groups is 1. The number of carbonyl (C=O) groups excluding carboxylic acids is 1. The molecule has 1 unspecified atom stereocenters. The van der Waals surface area contributed by atoms with E-state index >= 15 is 0 Å². The Kier molecular flexibility index (Phi) is 5.40. The molecule has 0 aromatic rings. The summed E-state index contributed by atoms with van der Waals surface area (Å²) >= 11 is 0. The molecule has 0 bridgehead atoms. The molecule has 17 heavy (non-hydrogen) atoms. The minimum atomic E-state index is -3.12. The Morgan fingerprint density at radius 1 is 1.53 bits per heavy atom. The van der Waals surface area contributed by atoms with Crippen molar-refractivity contribution < 1.29 is 18.4 Å². The minimum Gasteiger partial charge on any atom is -0.409 e. The number of hydrogen-bond donors (Lipinski definition) is 3. The van der Waals surface area contributed by atoms with Crippen LogP contribution >= 0.6 is 0 Å². The molecule has 0 rings (SSSR count). The normalized spacial score (nSPS) is 16.3. The summed E-state index contributed by atoms with van der Waals surface area (Å²) in [6.07, 6.45) is 1.43. The van der Waals surface area contributed by atoms with Crippen molar-refractivity contribution >= 4 is 21.6 Å². The molecule has 100 valence electrons. The van der Waals surface area contributed by atoms with Gasteiger partial charge in [-0.05, 0) is 13.3 Å². The van der Waals surface area contributed by atoms with Crippen molar-refractivity contribution in [1.29, 1.82) is 0 Å². The molecule has 0 spiro atoms. The summed E-state index contributed by atoms with van der Waals surface area (Å²) in [5, 5.41) is 13.9. The Morgan fingerprint density at radius 3 is 2.41 bits per heavy atom. The maximum Gasteiger partial charge on any atom is 0.233 e. The lowest BCUT2D eigenvalue weighted by Gasteiger charge is -2.25. The van der Waals surface area contributed by atoms with Gasteiger partial charge in [0, 0.05) is 12.8 Å². The second-order valence-electron chi connectivity index (χ2n) is 4.06. The molecule has 0 saturated heterocycles. The van der Waals surface area contributed by atoms with Gasteiger partial charge in [-0.2, -0.15) is 0 Å². The third-order valence-electron chi connectivity index (χ3n) is 2.64. The Labute approximate surface area is 101 Å². The summed E-state index contributed by atoms with van der Waals surface area (Å²) in [6, 6.07) is 0. The van der Waals surface area contributed by atoms with E-state index in [1.165, 1.54) is 6.92 Å². The van der Waals surface area contributed by atoms with Gasteiger partial charge in [0.2, 0.25) is 5.91 Å². The van der Waals surface area contributed by atoms with Crippen LogP contribution in [-0.4, -0.2) is 43.9 Å². The first-order chi connectivity index (χ1) is 7.67. The van der Waals surface area contributed by atoms with Crippen LogP contribution in [0.4, 0.5) is 0 Å². The molecule has 0 aliphatic heterocycles. The number of nitrogens with one attached hydrogen (secondary N) is 1. The van der Waals surface area contributed by atoms with E-state index in [1.54, 1.807) is 6.92 Å². The van der Waals surface area contributed by atoms with Gasteiger partial charge >= 0.3 is 0 Å². The van der Waals surface area contributed by atoms with Crippen LogP contribution in [0.3, 0.4) is 0 Å². The van der Waals surface area contributed by atoms with Crippen LogP contribution < -0.4 is 11.1 Å². The predicted molar refractivity (Wildman–Crippen MR) is 64.5 cm³/mol. The van der Waals surface area contributed by atoms with E-state index in [4.69, 9.17) is 10.9 Å². The lowest BCUT2D eigenvalue weighted by molar-refractivity contribution is -0.127. The van der Waals surface area contributed by atoms with Crippen molar-refractivity contribution in [3.8, 4) is 0 Å². The van der Waals surface area contributed by atoms with E-state index in [0.717, 1.165) is 6.26 Å². The smallest absolute Gasteiger partial charge is 0.233 e. The van der Waals surface area contributed by atoms with Crippen molar-refractivity contribution in [2.24, 2.45) is 16.3 Å². The van der Waals surface area contributed by atoms with Crippen molar-refractivity contribution in [2.45, 2.75) is 20.3 Å². The summed E-state index contributed by atoms with van der Waals surface area (Å²) in [7, 11) is -3.12. The lowest BCUT2D eigenvalue weighted by Crippen LogP contribution is -2.48. The number of nitrogens with zero attached hydrogens (tertiary/aromatic N) is 1. The maximum absolute atomic E-state index is 11.8. The predicted octanol–water partition coefficient (Wildman–Crippen LogP) is -0.690. The second kappa shape index (κ2) is 5.85. The van der Waals surface area contributed by atoms with Crippen LogP contribution in [0.15, 0.2) is 5.16 Å². The molecule has 0 radical (unpaired) electrons. The lowest BCUT2D eigenvalue weighted by atomic mass is 9.85. The summed E-state index contributed by atoms with van der Waals surface area (Å²) < 4.78 is 21.8. The van der Waals surface area contributed by atoms with Crippen LogP contribution in [0, 0.1) is 5.41 Å². The fourth-order valence-electron chi connectivity index (χ4n) is 1.11. The number of amides is 1. The molecule has 0 fully saturated rings. The Hall–Kier alpha value is -1.31. The molecule has 1 amide bonds. The zero-order valence-electron chi connectivity index (χ0n) is 10.2. The molecular weight excluding hydrogens is 246 g/mol. The van der Waals surface area contributed by atoms with E-state index in [9.17, 15) is 13.2 Å². The fraction of sp³-hybridized carbons (Fsp3) is 0.778. The molecule has 4 N–H and O–H groups in total. The van der Waals surface area contributed by atoms with Gasteiger partial charge in [0.15, 0.2) is 5.84 Å². The van der Waals surface area contributed by atoms with Crippen LogP contribution in [0.25, 0.3) is 0 Å². The van der Waals surface area contributed by atoms with Gasteiger partial charge in [0.05, 0.1) is 5.75 Å². The summed E-state index contributed by atoms with van der Waals surface area (Å²) in [5.74, 6) is -0.801. The molecule has 0 aliphatic carbocycles. The first-order valence-corrected chi connectivity index (χ1v) is 7.17. The van der Waals surface area contributed by atoms with Crippen molar-refractivity contribution in [1.82, 2.24) is 5.32 Å². The summed E-state index contributed by atoms with van der Waals surface area (Å²) in [4.78, 5) is 11.8. The average molecular weight is 265 g/mol. The molecule has 1 atom stereocenters. The maximum atomic E-state index is 11.8. The molecule has 0 aliphatic rings. The highest BCUT2D eigenvalue weighted by Crippen LogP contribution is 2.21. The molecular formula is C9H19N3O4S. The van der Waals surface area contributed by atoms with E-state index in [1.807, 2.05) is 0 Å². The first-order valence-electron chi connectivity index (χ1n) is 5.11. The summed E-state index contributed by atoms with van der Waals surface area (Å²) in [6.45, 7) is 3.25. The van der Waals surface area contributed by atoms with Crippen LogP contribution in [0.5, 0.6) is 0 Å². The number of hydrogen-bond acceptors (Lipinski definition) is 5. The highest BCUT2D eigenvalue weighted by molar-refractivity contribution is 7.90. The Balaban J connectivity index is 4.58. The molecule has 7 nitrogen and oxygen atoms in total. The number of carbonyl (C=O) groups is 1. The monoisotopic (exact) mass is 265 g/mol. The molecule has 0 aromatic carbocycles. The van der Waals surface area contributed by atoms with Crippen LogP contribution in [-0.2, 0) is 14.6 Å². The highest BCUT2D eigenvalue weighted by atomic mass is 32.2. The van der Waals surface area contributed by atoms with Gasteiger partial charge in [0.1, 0.15) is 15.3 Å². The van der Waals surface area contributed by atoms with Gasteiger partial charge in [-0.1, -0.05) is 12.1 Å². The second-order valence-corrected chi connectivity index (χ2v) is 6.32. The minimum absolute atomic E-state index is 0.00592. The molecule has 0 aromatic heterocycles.